The average Bonchev–Trinajstić information content (AvgIpc) is 3.08. The molecule has 49 heavy (non-hydrogen) atoms. The van der Waals surface area contributed by atoms with Crippen LogP contribution in [0.3, 0.4) is 0 Å². The Kier molecular flexibility index (Phi) is 36.4. The summed E-state index contributed by atoms with van der Waals surface area (Å²) >= 11 is 0. The van der Waals surface area contributed by atoms with Gasteiger partial charge in [-0.25, -0.2) is 0 Å². The second-order valence-electron chi connectivity index (χ2n) is 15.1. The molecular weight excluding hydrogens is 612 g/mol. The van der Waals surface area contributed by atoms with E-state index in [4.69, 9.17) is 14.2 Å². The van der Waals surface area contributed by atoms with Crippen LogP contribution in [0.25, 0.3) is 0 Å². The maximum atomic E-state index is 12.6. The Labute approximate surface area is 304 Å². The first-order chi connectivity index (χ1) is 23.9. The molecule has 0 aromatic carbocycles. The van der Waals surface area contributed by atoms with Crippen LogP contribution in [0.4, 0.5) is 0 Å². The summed E-state index contributed by atoms with van der Waals surface area (Å²) in [5, 5.41) is 0. The van der Waals surface area contributed by atoms with Crippen molar-refractivity contribution in [1.82, 2.24) is 0 Å². The number of hydrogen-bond acceptors (Lipinski definition) is 6. The van der Waals surface area contributed by atoms with Crippen LogP contribution in [0.2, 0.25) is 0 Å². The first kappa shape index (κ1) is 47.4. The van der Waals surface area contributed by atoms with E-state index in [0.717, 1.165) is 70.1 Å². The smallest absolute Gasteiger partial charge is 0.306 e. The topological polar surface area (TPSA) is 78.9 Å². The van der Waals surface area contributed by atoms with E-state index in [-0.39, 0.29) is 31.1 Å². The SMILES string of the molecule is CCCCCCCCCCCCCCCC(=O)O[C@@H](COC(=O)CCCCCCC)COC(=O)CCCCCCCCCCCCC(C)C. The van der Waals surface area contributed by atoms with Crippen molar-refractivity contribution in [2.75, 3.05) is 13.2 Å². The quantitative estimate of drug-likeness (QED) is 0.0364. The number of carbonyl (C=O) groups is 3. The number of hydrogen-bond donors (Lipinski definition) is 0. The summed E-state index contributed by atoms with van der Waals surface area (Å²) in [5.41, 5.74) is 0. The molecule has 6 nitrogen and oxygen atoms in total. The molecule has 0 unspecified atom stereocenters. The van der Waals surface area contributed by atoms with Gasteiger partial charge in [0.1, 0.15) is 13.2 Å². The third-order valence-corrected chi connectivity index (χ3v) is 9.54. The fraction of sp³-hybridized carbons (Fsp3) is 0.930. The van der Waals surface area contributed by atoms with Crippen LogP contribution < -0.4 is 0 Å². The number of rotatable bonds is 38. The molecule has 0 rings (SSSR count). The number of esters is 3. The normalized spacial score (nSPS) is 11.9. The van der Waals surface area contributed by atoms with Crippen molar-refractivity contribution < 1.29 is 28.6 Å². The van der Waals surface area contributed by atoms with Gasteiger partial charge in [-0.3, -0.25) is 14.4 Å². The van der Waals surface area contributed by atoms with Gasteiger partial charge in [0.25, 0.3) is 0 Å². The number of ether oxygens (including phenoxy) is 3. The second-order valence-corrected chi connectivity index (χ2v) is 15.1. The van der Waals surface area contributed by atoms with E-state index >= 15 is 0 Å². The highest BCUT2D eigenvalue weighted by Gasteiger charge is 2.19. The lowest BCUT2D eigenvalue weighted by molar-refractivity contribution is -0.167. The van der Waals surface area contributed by atoms with Crippen LogP contribution in [0, 0.1) is 5.92 Å². The molecule has 0 aliphatic rings. The van der Waals surface area contributed by atoms with Gasteiger partial charge in [0.05, 0.1) is 0 Å². The standard InChI is InChI=1S/C43H82O6/c1-5-7-9-11-12-13-14-15-16-21-24-28-32-36-43(46)49-40(37-47-41(44)34-30-25-10-8-6-2)38-48-42(45)35-31-27-23-20-18-17-19-22-26-29-33-39(3)4/h39-40H,5-38H2,1-4H3/t40-/m0/s1. The highest BCUT2D eigenvalue weighted by atomic mass is 16.6. The summed E-state index contributed by atoms with van der Waals surface area (Å²) < 4.78 is 16.6. The minimum atomic E-state index is -0.757. The summed E-state index contributed by atoms with van der Waals surface area (Å²) in [5.74, 6) is -0.0534. The molecule has 0 radical (unpaired) electrons. The van der Waals surface area contributed by atoms with E-state index in [1.54, 1.807) is 0 Å². The molecule has 0 saturated heterocycles. The van der Waals surface area contributed by atoms with Gasteiger partial charge in [-0.15, -0.1) is 0 Å². The number of carbonyl (C=O) groups excluding carboxylic acids is 3. The highest BCUT2D eigenvalue weighted by molar-refractivity contribution is 5.71. The van der Waals surface area contributed by atoms with Gasteiger partial charge >= 0.3 is 17.9 Å². The van der Waals surface area contributed by atoms with Crippen LogP contribution in [-0.4, -0.2) is 37.2 Å². The summed E-state index contributed by atoms with van der Waals surface area (Å²) in [6.45, 7) is 8.89. The zero-order chi connectivity index (χ0) is 36.0. The molecule has 0 aromatic heterocycles. The Balaban J connectivity index is 4.22. The Bertz CT molecular complexity index is 736. The lowest BCUT2D eigenvalue weighted by atomic mass is 10.0. The predicted molar refractivity (Wildman–Crippen MR) is 206 cm³/mol. The van der Waals surface area contributed by atoms with E-state index in [9.17, 15) is 14.4 Å². The fourth-order valence-corrected chi connectivity index (χ4v) is 6.27. The largest absolute Gasteiger partial charge is 0.462 e. The lowest BCUT2D eigenvalue weighted by Gasteiger charge is -2.18. The maximum absolute atomic E-state index is 12.6. The molecule has 0 saturated carbocycles. The highest BCUT2D eigenvalue weighted by Crippen LogP contribution is 2.16. The molecule has 6 heteroatoms. The number of unbranched alkanes of at least 4 members (excludes halogenated alkanes) is 25. The van der Waals surface area contributed by atoms with E-state index < -0.39 is 6.10 Å². The molecule has 0 N–H and O–H groups in total. The maximum Gasteiger partial charge on any atom is 0.306 e. The second kappa shape index (κ2) is 37.7. The molecule has 0 aliphatic carbocycles. The van der Waals surface area contributed by atoms with Gasteiger partial charge < -0.3 is 14.2 Å². The third kappa shape index (κ3) is 37.5. The zero-order valence-corrected chi connectivity index (χ0v) is 33.1. The molecule has 0 bridgehead atoms. The van der Waals surface area contributed by atoms with E-state index in [0.29, 0.717) is 19.3 Å². The molecule has 0 spiro atoms. The van der Waals surface area contributed by atoms with Crippen LogP contribution in [0.1, 0.15) is 233 Å². The molecule has 0 amide bonds. The summed E-state index contributed by atoms with van der Waals surface area (Å²) in [6.07, 6.45) is 35.4. The van der Waals surface area contributed by atoms with E-state index in [1.807, 2.05) is 0 Å². The summed E-state index contributed by atoms with van der Waals surface area (Å²) in [4.78, 5) is 37.4. The van der Waals surface area contributed by atoms with Crippen LogP contribution in [0.15, 0.2) is 0 Å². The van der Waals surface area contributed by atoms with Gasteiger partial charge in [0, 0.05) is 19.3 Å². The van der Waals surface area contributed by atoms with Gasteiger partial charge in [0.15, 0.2) is 6.10 Å². The third-order valence-electron chi connectivity index (χ3n) is 9.54. The van der Waals surface area contributed by atoms with Crippen molar-refractivity contribution >= 4 is 17.9 Å². The van der Waals surface area contributed by atoms with Crippen molar-refractivity contribution in [3.8, 4) is 0 Å². The average molecular weight is 695 g/mol. The van der Waals surface area contributed by atoms with Crippen molar-refractivity contribution in [3.63, 3.8) is 0 Å². The molecule has 290 valence electrons. The van der Waals surface area contributed by atoms with Crippen LogP contribution in [-0.2, 0) is 28.6 Å². The zero-order valence-electron chi connectivity index (χ0n) is 33.1. The van der Waals surface area contributed by atoms with E-state index in [1.165, 1.54) is 122 Å². The Morgan fingerprint density at radius 1 is 0.388 bits per heavy atom. The Hall–Kier alpha value is -1.59. The molecule has 0 heterocycles. The fourth-order valence-electron chi connectivity index (χ4n) is 6.27. The van der Waals surface area contributed by atoms with Gasteiger partial charge in [-0.1, -0.05) is 195 Å². The molecular formula is C43H82O6. The first-order valence-electron chi connectivity index (χ1n) is 21.4. The van der Waals surface area contributed by atoms with Crippen molar-refractivity contribution in [2.45, 2.75) is 239 Å². The van der Waals surface area contributed by atoms with Gasteiger partial charge in [-0.05, 0) is 25.2 Å². The summed E-state index contributed by atoms with van der Waals surface area (Å²) in [7, 11) is 0. The molecule has 0 aliphatic heterocycles. The van der Waals surface area contributed by atoms with Gasteiger partial charge in [0.2, 0.25) is 0 Å². The first-order valence-corrected chi connectivity index (χ1v) is 21.4. The van der Waals surface area contributed by atoms with Crippen LogP contribution in [0.5, 0.6) is 0 Å². The Morgan fingerprint density at radius 2 is 0.673 bits per heavy atom. The molecule has 1 atom stereocenters. The monoisotopic (exact) mass is 695 g/mol. The lowest BCUT2D eigenvalue weighted by Crippen LogP contribution is -2.30. The molecule has 0 aromatic rings. The predicted octanol–water partition coefficient (Wildman–Crippen LogP) is 13.2. The van der Waals surface area contributed by atoms with Crippen molar-refractivity contribution in [3.05, 3.63) is 0 Å². The van der Waals surface area contributed by atoms with Gasteiger partial charge in [-0.2, -0.15) is 0 Å². The van der Waals surface area contributed by atoms with Crippen molar-refractivity contribution in [1.29, 1.82) is 0 Å². The summed E-state index contributed by atoms with van der Waals surface area (Å²) in [6, 6.07) is 0. The van der Waals surface area contributed by atoms with Crippen LogP contribution >= 0.6 is 0 Å². The molecule has 0 fully saturated rings. The van der Waals surface area contributed by atoms with Crippen molar-refractivity contribution in [2.24, 2.45) is 5.92 Å². The minimum absolute atomic E-state index is 0.0654. The van der Waals surface area contributed by atoms with E-state index in [2.05, 4.69) is 27.7 Å². The Morgan fingerprint density at radius 3 is 1.00 bits per heavy atom. The minimum Gasteiger partial charge on any atom is -0.462 e.